The van der Waals surface area contributed by atoms with Crippen LogP contribution in [0.5, 0.6) is 0 Å². The number of pyridine rings is 1. The lowest BCUT2D eigenvalue weighted by atomic mass is 9.84. The highest BCUT2D eigenvalue weighted by Crippen LogP contribution is 2.35. The summed E-state index contributed by atoms with van der Waals surface area (Å²) in [6.45, 7) is 3.02. The normalized spacial score (nSPS) is 12.5. The Labute approximate surface area is 179 Å². The highest BCUT2D eigenvalue weighted by Gasteiger charge is 2.39. The fourth-order valence-electron chi connectivity index (χ4n) is 3.50. The van der Waals surface area contributed by atoms with E-state index in [9.17, 15) is 14.8 Å². The zero-order valence-electron chi connectivity index (χ0n) is 17.1. The molecule has 0 aliphatic heterocycles. The summed E-state index contributed by atoms with van der Waals surface area (Å²) in [5.41, 5.74) is 1.29. The summed E-state index contributed by atoms with van der Waals surface area (Å²) in [5, 5.41) is 42.4. The predicted octanol–water partition coefficient (Wildman–Crippen LogP) is -0.917. The third-order valence-corrected chi connectivity index (χ3v) is 4.89. The molecule has 1 aromatic carbocycles. The van der Waals surface area contributed by atoms with E-state index in [1.54, 1.807) is 12.1 Å². The van der Waals surface area contributed by atoms with Gasteiger partial charge in [-0.1, -0.05) is 0 Å². The van der Waals surface area contributed by atoms with E-state index in [0.29, 0.717) is 55.4 Å². The van der Waals surface area contributed by atoms with E-state index in [2.05, 4.69) is 21.3 Å². The Hall–Kier alpha value is -3.05. The molecule has 3 rings (SSSR count). The number of carbonyl (C=O) groups excluding carboxylic acids is 2. The summed E-state index contributed by atoms with van der Waals surface area (Å²) in [7, 11) is 0. The number of hydrogen-bond donors (Lipinski definition) is 6. The first-order chi connectivity index (χ1) is 15.1. The van der Waals surface area contributed by atoms with Gasteiger partial charge in [-0.15, -0.1) is 0 Å². The fraction of sp³-hybridized carbons (Fsp3) is 0.381. The van der Waals surface area contributed by atoms with Crippen molar-refractivity contribution >= 4 is 22.9 Å². The van der Waals surface area contributed by atoms with Crippen molar-refractivity contribution in [2.24, 2.45) is 0 Å². The minimum absolute atomic E-state index is 0.0240. The van der Waals surface area contributed by atoms with Crippen molar-refractivity contribution in [3.63, 3.8) is 0 Å². The molecular weight excluding hydrogens is 402 g/mol. The number of rotatable bonds is 12. The van der Waals surface area contributed by atoms with Crippen LogP contribution in [0.2, 0.25) is 0 Å². The van der Waals surface area contributed by atoms with E-state index in [4.69, 9.17) is 10.2 Å². The first-order valence-corrected chi connectivity index (χ1v) is 10.2. The molecule has 166 valence electrons. The maximum Gasteiger partial charge on any atom is 0.276 e. The zero-order chi connectivity index (χ0) is 22.2. The van der Waals surface area contributed by atoms with Crippen LogP contribution in [0.1, 0.15) is 32.0 Å². The van der Waals surface area contributed by atoms with Gasteiger partial charge in [0.15, 0.2) is 6.20 Å². The first kappa shape index (κ1) is 22.6. The van der Waals surface area contributed by atoms with Crippen molar-refractivity contribution in [1.82, 2.24) is 10.6 Å². The van der Waals surface area contributed by atoms with Crippen LogP contribution in [0.4, 0.5) is 11.4 Å². The molecular formula is C21H27N5O5. The predicted molar refractivity (Wildman–Crippen MR) is 116 cm³/mol. The van der Waals surface area contributed by atoms with Crippen molar-refractivity contribution in [2.75, 3.05) is 63.1 Å². The van der Waals surface area contributed by atoms with Gasteiger partial charge in [0.2, 0.25) is 5.78 Å². The molecule has 0 bridgehead atoms. The second kappa shape index (κ2) is 10.8. The van der Waals surface area contributed by atoms with Gasteiger partial charge in [-0.25, -0.2) is 0 Å². The van der Waals surface area contributed by atoms with Gasteiger partial charge in [0.1, 0.15) is 0 Å². The maximum atomic E-state index is 13.3. The number of ketones is 2. The molecule has 1 aliphatic carbocycles. The van der Waals surface area contributed by atoms with Crippen LogP contribution in [0.25, 0.3) is 0 Å². The third-order valence-electron chi connectivity index (χ3n) is 4.89. The van der Waals surface area contributed by atoms with E-state index in [1.165, 1.54) is 18.3 Å². The van der Waals surface area contributed by atoms with Gasteiger partial charge >= 0.3 is 0 Å². The second-order valence-electron chi connectivity index (χ2n) is 6.97. The van der Waals surface area contributed by atoms with Crippen LogP contribution in [-0.2, 0) is 0 Å². The smallest absolute Gasteiger partial charge is 0.276 e. The lowest BCUT2D eigenvalue weighted by Crippen LogP contribution is -2.40. The average molecular weight is 429 g/mol. The van der Waals surface area contributed by atoms with Crippen LogP contribution < -0.4 is 26.0 Å². The minimum atomic E-state index is -0.506. The quantitative estimate of drug-likeness (QED) is 0.122. The van der Waals surface area contributed by atoms with Crippen LogP contribution in [0, 0.1) is 5.21 Å². The largest absolute Gasteiger partial charge is 0.618 e. The molecule has 2 aromatic rings. The Kier molecular flexibility index (Phi) is 7.90. The number of nitrogens with zero attached hydrogens (tertiary/aromatic N) is 1. The number of nitrogens with one attached hydrogen (secondary N) is 4. The van der Waals surface area contributed by atoms with E-state index in [0.717, 1.165) is 0 Å². The molecule has 0 saturated carbocycles. The molecule has 0 fully saturated rings. The van der Waals surface area contributed by atoms with E-state index in [1.807, 2.05) is 0 Å². The molecule has 0 atom stereocenters. The standard InChI is InChI=1S/C21H27N5O5/c27-12-9-22-5-7-24-15-3-4-16(25-8-6-23-10-13-28)18-17(15)20(29)14-2-1-11-26(31)19(14)21(18)30/h1-4,11,22-25,27-28H,5-10,12-13H2. The molecule has 31 heavy (non-hydrogen) atoms. The summed E-state index contributed by atoms with van der Waals surface area (Å²) < 4.78 is 0.435. The molecule has 10 nitrogen and oxygen atoms in total. The van der Waals surface area contributed by atoms with Crippen LogP contribution in [0.15, 0.2) is 30.5 Å². The van der Waals surface area contributed by atoms with Gasteiger partial charge in [-0.05, 0) is 18.2 Å². The fourth-order valence-corrected chi connectivity index (χ4v) is 3.50. The van der Waals surface area contributed by atoms with Crippen molar-refractivity contribution in [3.8, 4) is 0 Å². The molecule has 10 heteroatoms. The lowest BCUT2D eigenvalue weighted by molar-refractivity contribution is -0.607. The van der Waals surface area contributed by atoms with E-state index < -0.39 is 5.78 Å². The molecule has 0 radical (unpaired) electrons. The summed E-state index contributed by atoms with van der Waals surface area (Å²) in [6, 6.07) is 6.38. The topological polar surface area (TPSA) is 150 Å². The SMILES string of the molecule is O=C1c2ccc[n+]([O-])c2C(=O)c2c(NCCNCCO)ccc(NCCNCCO)c21. The Morgan fingerprint density at radius 3 is 1.87 bits per heavy atom. The maximum absolute atomic E-state index is 13.3. The van der Waals surface area contributed by atoms with E-state index in [-0.39, 0.29) is 41.4 Å². The van der Waals surface area contributed by atoms with Crippen molar-refractivity contribution < 1.29 is 24.5 Å². The highest BCUT2D eigenvalue weighted by molar-refractivity contribution is 6.30. The van der Waals surface area contributed by atoms with Gasteiger partial charge < -0.3 is 36.7 Å². The second-order valence-corrected chi connectivity index (χ2v) is 6.97. The summed E-state index contributed by atoms with van der Waals surface area (Å²) in [4.78, 5) is 26.5. The Balaban J connectivity index is 1.92. The van der Waals surface area contributed by atoms with Gasteiger partial charge in [0.05, 0.1) is 29.9 Å². The van der Waals surface area contributed by atoms with E-state index >= 15 is 0 Å². The van der Waals surface area contributed by atoms with Crippen LogP contribution >= 0.6 is 0 Å². The summed E-state index contributed by atoms with van der Waals surface area (Å²) in [5.74, 6) is -0.893. The molecule has 0 amide bonds. The molecule has 1 heterocycles. The Bertz CT molecular complexity index is 950. The molecule has 0 spiro atoms. The zero-order valence-corrected chi connectivity index (χ0v) is 17.1. The molecule has 0 saturated heterocycles. The number of hydrogen-bond acceptors (Lipinski definition) is 9. The van der Waals surface area contributed by atoms with Crippen LogP contribution in [0.3, 0.4) is 0 Å². The highest BCUT2D eigenvalue weighted by atomic mass is 16.5. The van der Waals surface area contributed by atoms with Gasteiger partial charge in [-0.3, -0.25) is 9.59 Å². The number of aliphatic hydroxyl groups excluding tert-OH is 2. The lowest BCUT2D eigenvalue weighted by Gasteiger charge is -2.23. The number of carbonyl (C=O) groups is 2. The molecule has 0 unspecified atom stereocenters. The molecule has 1 aliphatic rings. The van der Waals surface area contributed by atoms with Crippen LogP contribution in [-0.4, -0.2) is 74.3 Å². The van der Waals surface area contributed by atoms with Crippen molar-refractivity contribution in [3.05, 3.63) is 58.1 Å². The number of aliphatic hydroxyl groups is 2. The number of aromatic nitrogens is 1. The average Bonchev–Trinajstić information content (AvgIpc) is 2.77. The monoisotopic (exact) mass is 429 g/mol. The van der Waals surface area contributed by atoms with Crippen molar-refractivity contribution in [2.45, 2.75) is 0 Å². The number of fused-ring (bicyclic) bond motifs is 2. The third kappa shape index (κ3) is 5.00. The minimum Gasteiger partial charge on any atom is -0.618 e. The van der Waals surface area contributed by atoms with Gasteiger partial charge in [0.25, 0.3) is 11.5 Å². The van der Waals surface area contributed by atoms with Gasteiger partial charge in [0, 0.05) is 56.7 Å². The Morgan fingerprint density at radius 1 is 0.774 bits per heavy atom. The summed E-state index contributed by atoms with van der Waals surface area (Å²) >= 11 is 0. The van der Waals surface area contributed by atoms with Crippen molar-refractivity contribution in [1.29, 1.82) is 0 Å². The number of anilines is 2. The first-order valence-electron chi connectivity index (χ1n) is 10.2. The van der Waals surface area contributed by atoms with Gasteiger partial charge in [-0.2, -0.15) is 4.73 Å². The number of benzene rings is 1. The molecule has 1 aromatic heterocycles. The Morgan fingerprint density at radius 2 is 1.32 bits per heavy atom. The molecule has 6 N–H and O–H groups in total. The summed E-state index contributed by atoms with van der Waals surface area (Å²) in [6.07, 6.45) is 1.20.